The molecule has 0 aromatic carbocycles. The predicted molar refractivity (Wildman–Crippen MR) is 70.2 cm³/mol. The molecule has 0 aromatic rings. The molecule has 0 aromatic heterocycles. The molecule has 0 radical (unpaired) electrons. The lowest BCUT2D eigenvalue weighted by Crippen LogP contribution is -2.53. The van der Waals surface area contributed by atoms with Crippen LogP contribution in [0.4, 0.5) is 0 Å². The van der Waals surface area contributed by atoms with E-state index in [-0.39, 0.29) is 11.3 Å². The number of rotatable bonds is 4. The largest absolute Gasteiger partial charge is 0.480 e. The summed E-state index contributed by atoms with van der Waals surface area (Å²) in [5.74, 6) is -1.04. The third kappa shape index (κ3) is 3.03. The fourth-order valence-corrected chi connectivity index (χ4v) is 2.73. The van der Waals surface area contributed by atoms with Gasteiger partial charge < -0.3 is 10.4 Å². The number of carbonyl (C=O) groups is 2. The molecule has 0 aliphatic heterocycles. The zero-order chi connectivity index (χ0) is 14.0. The van der Waals surface area contributed by atoms with E-state index in [4.69, 9.17) is 0 Å². The van der Waals surface area contributed by atoms with Gasteiger partial charge in [0.1, 0.15) is 6.04 Å². The maximum absolute atomic E-state index is 12.4. The van der Waals surface area contributed by atoms with Gasteiger partial charge in [-0.15, -0.1) is 0 Å². The number of hydrogen-bond acceptors (Lipinski definition) is 2. The summed E-state index contributed by atoms with van der Waals surface area (Å²) in [6, 6.07) is -0.825. The summed E-state index contributed by atoms with van der Waals surface area (Å²) in [6.45, 7) is 7.51. The molecule has 2 N–H and O–H groups in total. The highest BCUT2D eigenvalue weighted by Gasteiger charge is 2.42. The molecule has 1 fully saturated rings. The van der Waals surface area contributed by atoms with Crippen molar-refractivity contribution in [2.45, 2.75) is 65.8 Å². The van der Waals surface area contributed by atoms with E-state index in [0.29, 0.717) is 0 Å². The maximum Gasteiger partial charge on any atom is 0.326 e. The Morgan fingerprint density at radius 3 is 2.11 bits per heavy atom. The van der Waals surface area contributed by atoms with E-state index in [2.05, 4.69) is 5.32 Å². The van der Waals surface area contributed by atoms with Gasteiger partial charge in [0.25, 0.3) is 0 Å². The molecule has 1 saturated carbocycles. The zero-order valence-corrected chi connectivity index (χ0v) is 11.9. The summed E-state index contributed by atoms with van der Waals surface area (Å²) in [4.78, 5) is 23.7. The van der Waals surface area contributed by atoms with Gasteiger partial charge in [-0.1, -0.05) is 40.5 Å². The molecule has 1 amide bonds. The Morgan fingerprint density at radius 2 is 1.78 bits per heavy atom. The SMILES string of the molecule is CCC1(C(=O)N[C@@H](C(=O)O)C(C)(C)C)CCCC1. The second kappa shape index (κ2) is 5.29. The smallest absolute Gasteiger partial charge is 0.326 e. The molecular formula is C14H25NO3. The fourth-order valence-electron chi connectivity index (χ4n) is 2.73. The third-order valence-corrected chi connectivity index (χ3v) is 4.11. The van der Waals surface area contributed by atoms with Crippen LogP contribution in [-0.2, 0) is 9.59 Å². The lowest BCUT2D eigenvalue weighted by molar-refractivity contribution is -0.147. The van der Waals surface area contributed by atoms with Crippen LogP contribution in [-0.4, -0.2) is 23.0 Å². The Morgan fingerprint density at radius 1 is 1.28 bits per heavy atom. The van der Waals surface area contributed by atoms with Crippen molar-refractivity contribution < 1.29 is 14.7 Å². The molecule has 1 atom stereocenters. The molecular weight excluding hydrogens is 230 g/mol. The summed E-state index contributed by atoms with van der Waals surface area (Å²) in [5.41, 5.74) is -0.812. The standard InChI is InChI=1S/C14H25NO3/c1-5-14(8-6-7-9-14)12(18)15-10(11(16)17)13(2,3)4/h10H,5-9H2,1-4H3,(H,15,18)(H,16,17)/t10-/m0/s1. The molecule has 0 unspecified atom stereocenters. The summed E-state index contributed by atoms with van der Waals surface area (Å²) >= 11 is 0. The van der Waals surface area contributed by atoms with E-state index >= 15 is 0 Å². The van der Waals surface area contributed by atoms with Gasteiger partial charge in [0.15, 0.2) is 0 Å². The highest BCUT2D eigenvalue weighted by molar-refractivity contribution is 5.88. The lowest BCUT2D eigenvalue weighted by atomic mass is 9.80. The number of carboxylic acid groups (broad SMARTS) is 1. The van der Waals surface area contributed by atoms with Gasteiger partial charge >= 0.3 is 5.97 Å². The zero-order valence-electron chi connectivity index (χ0n) is 11.9. The third-order valence-electron chi connectivity index (χ3n) is 4.11. The second-order valence-corrected chi connectivity index (χ2v) is 6.45. The molecule has 1 aliphatic rings. The van der Waals surface area contributed by atoms with Crippen LogP contribution in [0, 0.1) is 10.8 Å². The normalized spacial score (nSPS) is 20.4. The highest BCUT2D eigenvalue weighted by Crippen LogP contribution is 2.41. The van der Waals surface area contributed by atoms with Gasteiger partial charge in [0.2, 0.25) is 5.91 Å². The van der Waals surface area contributed by atoms with Crippen molar-refractivity contribution in [3.63, 3.8) is 0 Å². The van der Waals surface area contributed by atoms with Crippen molar-refractivity contribution in [2.24, 2.45) is 10.8 Å². The Kier molecular flexibility index (Phi) is 4.41. The lowest BCUT2D eigenvalue weighted by Gasteiger charge is -2.33. The van der Waals surface area contributed by atoms with Crippen LogP contribution in [0.2, 0.25) is 0 Å². The van der Waals surface area contributed by atoms with E-state index in [1.807, 2.05) is 27.7 Å². The molecule has 1 aliphatic carbocycles. The quantitative estimate of drug-likeness (QED) is 0.811. The molecule has 0 saturated heterocycles. The summed E-state index contributed by atoms with van der Waals surface area (Å²) in [5, 5.41) is 12.0. The summed E-state index contributed by atoms with van der Waals surface area (Å²) in [6.07, 6.45) is 4.68. The van der Waals surface area contributed by atoms with Crippen molar-refractivity contribution in [3.05, 3.63) is 0 Å². The first-order valence-electron chi connectivity index (χ1n) is 6.77. The minimum absolute atomic E-state index is 0.0789. The van der Waals surface area contributed by atoms with E-state index in [9.17, 15) is 14.7 Å². The number of carboxylic acids is 1. The van der Waals surface area contributed by atoms with E-state index < -0.39 is 17.4 Å². The van der Waals surface area contributed by atoms with Crippen LogP contribution in [0.3, 0.4) is 0 Å². The highest BCUT2D eigenvalue weighted by atomic mass is 16.4. The van der Waals surface area contributed by atoms with E-state index in [1.54, 1.807) is 0 Å². The van der Waals surface area contributed by atoms with Crippen molar-refractivity contribution in [2.75, 3.05) is 0 Å². The van der Waals surface area contributed by atoms with Crippen molar-refractivity contribution in [1.82, 2.24) is 5.32 Å². The number of aliphatic carboxylic acids is 1. The Bertz CT molecular complexity index is 324. The number of nitrogens with one attached hydrogen (secondary N) is 1. The van der Waals surface area contributed by atoms with Gasteiger partial charge in [-0.3, -0.25) is 4.79 Å². The van der Waals surface area contributed by atoms with Gasteiger partial charge in [0, 0.05) is 5.41 Å². The Labute approximate surface area is 109 Å². The molecule has 4 heteroatoms. The van der Waals surface area contributed by atoms with Crippen molar-refractivity contribution in [3.8, 4) is 0 Å². The van der Waals surface area contributed by atoms with Crippen LogP contribution >= 0.6 is 0 Å². The predicted octanol–water partition coefficient (Wildman–Crippen LogP) is 2.57. The summed E-state index contributed by atoms with van der Waals surface area (Å²) in [7, 11) is 0. The minimum Gasteiger partial charge on any atom is -0.480 e. The molecule has 0 spiro atoms. The van der Waals surface area contributed by atoms with Crippen molar-refractivity contribution >= 4 is 11.9 Å². The monoisotopic (exact) mass is 255 g/mol. The average Bonchev–Trinajstić information content (AvgIpc) is 2.73. The molecule has 0 bridgehead atoms. The van der Waals surface area contributed by atoms with Gasteiger partial charge in [-0.05, 0) is 24.7 Å². The Hall–Kier alpha value is -1.06. The molecule has 0 heterocycles. The number of carbonyl (C=O) groups excluding carboxylic acids is 1. The van der Waals surface area contributed by atoms with Crippen LogP contribution in [0.25, 0.3) is 0 Å². The van der Waals surface area contributed by atoms with Gasteiger partial charge in [-0.2, -0.15) is 0 Å². The first-order chi connectivity index (χ1) is 8.23. The van der Waals surface area contributed by atoms with Crippen LogP contribution in [0.15, 0.2) is 0 Å². The summed E-state index contributed by atoms with van der Waals surface area (Å²) < 4.78 is 0. The molecule has 1 rings (SSSR count). The number of hydrogen-bond donors (Lipinski definition) is 2. The molecule has 104 valence electrons. The van der Waals surface area contributed by atoms with Gasteiger partial charge in [-0.25, -0.2) is 4.79 Å². The second-order valence-electron chi connectivity index (χ2n) is 6.45. The minimum atomic E-state index is -0.958. The van der Waals surface area contributed by atoms with E-state index in [0.717, 1.165) is 32.1 Å². The molecule has 4 nitrogen and oxygen atoms in total. The average molecular weight is 255 g/mol. The fraction of sp³-hybridized carbons (Fsp3) is 0.857. The van der Waals surface area contributed by atoms with Crippen molar-refractivity contribution in [1.29, 1.82) is 0 Å². The number of amides is 1. The maximum atomic E-state index is 12.4. The molecule has 18 heavy (non-hydrogen) atoms. The van der Waals surface area contributed by atoms with Crippen LogP contribution in [0.5, 0.6) is 0 Å². The first-order valence-corrected chi connectivity index (χ1v) is 6.77. The Balaban J connectivity index is 2.81. The van der Waals surface area contributed by atoms with Gasteiger partial charge in [0.05, 0.1) is 0 Å². The van der Waals surface area contributed by atoms with E-state index in [1.165, 1.54) is 0 Å². The topological polar surface area (TPSA) is 66.4 Å². The first kappa shape index (κ1) is 15.0. The van der Waals surface area contributed by atoms with Crippen LogP contribution < -0.4 is 5.32 Å². The van der Waals surface area contributed by atoms with Crippen LogP contribution in [0.1, 0.15) is 59.8 Å².